The van der Waals surface area contributed by atoms with Crippen molar-refractivity contribution in [1.29, 1.82) is 0 Å². The Hall–Kier alpha value is -2.40. The molecule has 0 radical (unpaired) electrons. The highest BCUT2D eigenvalue weighted by Crippen LogP contribution is 2.24. The van der Waals surface area contributed by atoms with Crippen molar-refractivity contribution in [3.05, 3.63) is 65.0 Å². The van der Waals surface area contributed by atoms with Crippen LogP contribution in [0.4, 0.5) is 4.39 Å². The van der Waals surface area contributed by atoms with Crippen LogP contribution in [0.15, 0.2) is 42.5 Å². The molecule has 0 saturated carbocycles. The summed E-state index contributed by atoms with van der Waals surface area (Å²) in [6.07, 6.45) is 1.92. The molecule has 4 nitrogen and oxygen atoms in total. The lowest BCUT2D eigenvalue weighted by atomic mass is 9.97. The van der Waals surface area contributed by atoms with Crippen LogP contribution >= 0.6 is 0 Å². The summed E-state index contributed by atoms with van der Waals surface area (Å²) in [5, 5.41) is 9.09. The molecule has 0 bridgehead atoms. The van der Waals surface area contributed by atoms with Gasteiger partial charge in [0, 0.05) is 19.2 Å². The van der Waals surface area contributed by atoms with E-state index in [0.717, 1.165) is 37.1 Å². The molecule has 132 valence electrons. The van der Waals surface area contributed by atoms with Gasteiger partial charge in [0.25, 0.3) is 0 Å². The number of methoxy groups -OCH3 is 1. The monoisotopic (exact) mass is 343 g/mol. The van der Waals surface area contributed by atoms with Crippen molar-refractivity contribution < 1.29 is 19.0 Å². The third-order valence-electron chi connectivity index (χ3n) is 4.64. The van der Waals surface area contributed by atoms with Crippen molar-refractivity contribution >= 4 is 5.97 Å². The fourth-order valence-electron chi connectivity index (χ4n) is 3.48. The fraction of sp³-hybridized carbons (Fsp3) is 0.350. The predicted octanol–water partition coefficient (Wildman–Crippen LogP) is 3.60. The number of rotatable bonds is 6. The number of likely N-dealkylation sites (tertiary alicyclic amines) is 1. The van der Waals surface area contributed by atoms with Crippen LogP contribution in [0.3, 0.4) is 0 Å². The lowest BCUT2D eigenvalue weighted by molar-refractivity contribution is 0.0696. The third kappa shape index (κ3) is 4.57. The Bertz CT molecular complexity index is 762. The summed E-state index contributed by atoms with van der Waals surface area (Å²) >= 11 is 0. The molecular formula is C20H22FNO3. The number of carbonyl (C=O) groups is 1. The zero-order valence-electron chi connectivity index (χ0n) is 14.2. The van der Waals surface area contributed by atoms with Gasteiger partial charge < -0.3 is 9.84 Å². The van der Waals surface area contributed by atoms with Gasteiger partial charge >= 0.3 is 5.97 Å². The molecule has 1 N–H and O–H groups in total. The Balaban J connectivity index is 1.59. The fourth-order valence-corrected chi connectivity index (χ4v) is 3.48. The highest BCUT2D eigenvalue weighted by Gasteiger charge is 2.23. The summed E-state index contributed by atoms with van der Waals surface area (Å²) in [5.41, 5.74) is 2.30. The number of hydrogen-bond donors (Lipinski definition) is 1. The van der Waals surface area contributed by atoms with E-state index in [1.807, 2.05) is 12.1 Å². The molecule has 5 heteroatoms. The van der Waals surface area contributed by atoms with Crippen LogP contribution in [0.25, 0.3) is 0 Å². The number of nitrogens with zero attached hydrogens (tertiary/aromatic N) is 1. The van der Waals surface area contributed by atoms with Crippen LogP contribution in [0.2, 0.25) is 0 Å². The van der Waals surface area contributed by atoms with Crippen LogP contribution < -0.4 is 4.74 Å². The van der Waals surface area contributed by atoms with E-state index in [4.69, 9.17) is 9.84 Å². The molecule has 1 unspecified atom stereocenters. The largest absolute Gasteiger partial charge is 0.497 e. The van der Waals surface area contributed by atoms with Gasteiger partial charge in [0.05, 0.1) is 12.7 Å². The number of ether oxygens (including phenoxy) is 1. The lowest BCUT2D eigenvalue weighted by Gasteiger charge is -2.17. The van der Waals surface area contributed by atoms with E-state index in [1.165, 1.54) is 13.2 Å². The Morgan fingerprint density at radius 2 is 2.12 bits per heavy atom. The van der Waals surface area contributed by atoms with Crippen molar-refractivity contribution in [3.63, 3.8) is 0 Å². The van der Waals surface area contributed by atoms with Gasteiger partial charge in [-0.2, -0.15) is 0 Å². The van der Waals surface area contributed by atoms with Gasteiger partial charge in [0.2, 0.25) is 0 Å². The van der Waals surface area contributed by atoms with Gasteiger partial charge in [0.15, 0.2) is 0 Å². The van der Waals surface area contributed by atoms with Gasteiger partial charge in [-0.3, -0.25) is 4.90 Å². The number of hydrogen-bond acceptors (Lipinski definition) is 3. The van der Waals surface area contributed by atoms with Crippen molar-refractivity contribution in [2.75, 3.05) is 20.2 Å². The molecule has 0 aromatic heterocycles. The van der Waals surface area contributed by atoms with Crippen LogP contribution in [-0.2, 0) is 13.0 Å². The zero-order valence-corrected chi connectivity index (χ0v) is 14.2. The van der Waals surface area contributed by atoms with Crippen molar-refractivity contribution in [3.8, 4) is 5.75 Å². The second-order valence-electron chi connectivity index (χ2n) is 6.60. The van der Waals surface area contributed by atoms with Crippen LogP contribution in [0.5, 0.6) is 5.75 Å². The first-order chi connectivity index (χ1) is 12.0. The number of aromatic carboxylic acids is 1. The van der Waals surface area contributed by atoms with E-state index >= 15 is 0 Å². The smallest absolute Gasteiger partial charge is 0.335 e. The maximum atomic E-state index is 13.6. The van der Waals surface area contributed by atoms with E-state index < -0.39 is 5.97 Å². The summed E-state index contributed by atoms with van der Waals surface area (Å²) in [7, 11) is 1.54. The van der Waals surface area contributed by atoms with Crippen molar-refractivity contribution in [2.24, 2.45) is 5.92 Å². The van der Waals surface area contributed by atoms with Gasteiger partial charge in [0.1, 0.15) is 11.6 Å². The van der Waals surface area contributed by atoms with Gasteiger partial charge in [-0.15, -0.1) is 0 Å². The standard InChI is InChI=1S/C20H22FNO3/c1-25-19-10-16(9-18(21)11-19)13-22-6-5-15(12-22)7-14-3-2-4-17(8-14)20(23)24/h2-4,8-11,15H,5-7,12-13H2,1H3,(H,23,24). The van der Waals surface area contributed by atoms with Crippen molar-refractivity contribution in [2.45, 2.75) is 19.4 Å². The molecule has 0 spiro atoms. The number of carboxylic acid groups (broad SMARTS) is 1. The van der Waals surface area contributed by atoms with Crippen LogP contribution in [-0.4, -0.2) is 36.2 Å². The second-order valence-corrected chi connectivity index (χ2v) is 6.60. The Labute approximate surface area is 146 Å². The first-order valence-electron chi connectivity index (χ1n) is 8.41. The van der Waals surface area contributed by atoms with Gasteiger partial charge in [-0.25, -0.2) is 9.18 Å². The minimum Gasteiger partial charge on any atom is -0.497 e. The van der Waals surface area contributed by atoms with Gasteiger partial charge in [-0.05, 0) is 60.7 Å². The zero-order chi connectivity index (χ0) is 17.8. The van der Waals surface area contributed by atoms with E-state index in [1.54, 1.807) is 24.3 Å². The highest BCUT2D eigenvalue weighted by molar-refractivity contribution is 5.87. The maximum absolute atomic E-state index is 13.6. The molecule has 1 fully saturated rings. The average Bonchev–Trinajstić information content (AvgIpc) is 3.01. The molecule has 25 heavy (non-hydrogen) atoms. The maximum Gasteiger partial charge on any atom is 0.335 e. The molecule has 1 saturated heterocycles. The van der Waals surface area contributed by atoms with Gasteiger partial charge in [-0.1, -0.05) is 12.1 Å². The average molecular weight is 343 g/mol. The number of benzene rings is 2. The third-order valence-corrected chi connectivity index (χ3v) is 4.64. The molecule has 2 aromatic rings. The summed E-state index contributed by atoms with van der Waals surface area (Å²) in [6.45, 7) is 2.58. The van der Waals surface area contributed by atoms with E-state index in [0.29, 0.717) is 23.8 Å². The molecule has 1 aliphatic rings. The highest BCUT2D eigenvalue weighted by atomic mass is 19.1. The Morgan fingerprint density at radius 1 is 1.28 bits per heavy atom. The number of carboxylic acids is 1. The molecule has 1 heterocycles. The molecule has 1 aliphatic heterocycles. The summed E-state index contributed by atoms with van der Waals surface area (Å²) in [6, 6.07) is 11.9. The molecule has 2 aromatic carbocycles. The minimum atomic E-state index is -0.894. The van der Waals surface area contributed by atoms with E-state index in [2.05, 4.69) is 4.90 Å². The SMILES string of the molecule is COc1cc(F)cc(CN2CCC(Cc3cccc(C(=O)O)c3)C2)c1. The predicted molar refractivity (Wildman–Crippen MR) is 93.4 cm³/mol. The first kappa shape index (κ1) is 17.4. The summed E-state index contributed by atoms with van der Waals surface area (Å²) in [5.74, 6) is -0.152. The van der Waals surface area contributed by atoms with E-state index in [-0.39, 0.29) is 5.82 Å². The number of halogens is 1. The normalized spacial score (nSPS) is 17.6. The first-order valence-corrected chi connectivity index (χ1v) is 8.41. The topological polar surface area (TPSA) is 49.8 Å². The quantitative estimate of drug-likeness (QED) is 0.871. The molecule has 0 aliphatic carbocycles. The second kappa shape index (κ2) is 7.66. The summed E-state index contributed by atoms with van der Waals surface area (Å²) in [4.78, 5) is 13.4. The summed E-state index contributed by atoms with van der Waals surface area (Å²) < 4.78 is 18.7. The van der Waals surface area contributed by atoms with E-state index in [9.17, 15) is 9.18 Å². The van der Waals surface area contributed by atoms with Crippen LogP contribution in [0.1, 0.15) is 27.9 Å². The molecule has 3 rings (SSSR count). The lowest BCUT2D eigenvalue weighted by Crippen LogP contribution is -2.20. The Morgan fingerprint density at radius 3 is 2.88 bits per heavy atom. The Kier molecular flexibility index (Phi) is 5.34. The van der Waals surface area contributed by atoms with Crippen LogP contribution in [0, 0.1) is 11.7 Å². The molecule has 1 atom stereocenters. The molecule has 0 amide bonds. The minimum absolute atomic E-state index is 0.282. The van der Waals surface area contributed by atoms with Crippen molar-refractivity contribution in [1.82, 2.24) is 4.90 Å². The molecular weight excluding hydrogens is 321 g/mol.